The van der Waals surface area contributed by atoms with Crippen LogP contribution >= 0.6 is 23.7 Å². The van der Waals surface area contributed by atoms with E-state index >= 15 is 0 Å². The normalized spacial score (nSPS) is 25.5. The van der Waals surface area contributed by atoms with Crippen molar-refractivity contribution in [3.63, 3.8) is 0 Å². The molecular formula is C14H21ClN2OS. The number of carbonyl (C=O) groups is 1. The van der Waals surface area contributed by atoms with Gasteiger partial charge in [-0.15, -0.1) is 23.7 Å². The van der Waals surface area contributed by atoms with Crippen LogP contribution < -0.4 is 10.6 Å². The van der Waals surface area contributed by atoms with Gasteiger partial charge in [-0.3, -0.25) is 4.79 Å². The minimum absolute atomic E-state index is 0. The van der Waals surface area contributed by atoms with Gasteiger partial charge in [0.25, 0.3) is 0 Å². The molecule has 1 aromatic rings. The van der Waals surface area contributed by atoms with Crippen LogP contribution in [0.25, 0.3) is 0 Å². The zero-order chi connectivity index (χ0) is 12.4. The fraction of sp³-hybridized carbons (Fsp3) is 0.643. The van der Waals surface area contributed by atoms with Crippen LogP contribution in [0.5, 0.6) is 0 Å². The van der Waals surface area contributed by atoms with E-state index in [1.165, 1.54) is 29.7 Å². The number of halogens is 1. The third-order valence-electron chi connectivity index (χ3n) is 3.98. The van der Waals surface area contributed by atoms with Gasteiger partial charge in [0.1, 0.15) is 0 Å². The summed E-state index contributed by atoms with van der Waals surface area (Å²) in [6.07, 6.45) is 6.45. The highest BCUT2D eigenvalue weighted by atomic mass is 35.5. The number of nitrogens with one attached hydrogen (secondary N) is 2. The lowest BCUT2D eigenvalue weighted by molar-refractivity contribution is -0.122. The first-order chi connectivity index (χ1) is 8.83. The molecule has 106 valence electrons. The van der Waals surface area contributed by atoms with Gasteiger partial charge in [0.15, 0.2) is 0 Å². The lowest BCUT2D eigenvalue weighted by atomic mass is 9.94. The van der Waals surface area contributed by atoms with Crippen LogP contribution in [0.15, 0.2) is 11.4 Å². The van der Waals surface area contributed by atoms with Gasteiger partial charge in [0.05, 0.1) is 6.04 Å². The van der Waals surface area contributed by atoms with E-state index in [1.807, 2.05) is 11.3 Å². The van der Waals surface area contributed by atoms with Crippen molar-refractivity contribution in [3.05, 3.63) is 21.9 Å². The molecule has 19 heavy (non-hydrogen) atoms. The minimum atomic E-state index is 0. The molecule has 5 heteroatoms. The highest BCUT2D eigenvalue weighted by Crippen LogP contribution is 2.33. The van der Waals surface area contributed by atoms with Crippen molar-refractivity contribution in [2.75, 3.05) is 6.54 Å². The molecule has 1 amide bonds. The van der Waals surface area contributed by atoms with Crippen molar-refractivity contribution in [2.45, 2.75) is 50.6 Å². The fourth-order valence-corrected chi connectivity index (χ4v) is 4.03. The summed E-state index contributed by atoms with van der Waals surface area (Å²) in [5.74, 6) is 0.207. The molecule has 0 radical (unpaired) electrons. The van der Waals surface area contributed by atoms with Gasteiger partial charge in [-0.1, -0.05) is 0 Å². The van der Waals surface area contributed by atoms with Gasteiger partial charge < -0.3 is 10.6 Å². The standard InChI is InChI=1S/C14H20N2OS.ClH/c17-14(9-10-3-2-7-15-10)16-12-4-1-5-13-11(12)6-8-18-13;/h6,8,10,12,15H,1-5,7,9H2,(H,16,17);1H. The molecule has 1 aliphatic carbocycles. The molecule has 0 saturated carbocycles. The first kappa shape index (κ1) is 14.8. The molecule has 0 aromatic carbocycles. The summed E-state index contributed by atoms with van der Waals surface area (Å²) in [5, 5.41) is 8.74. The highest BCUT2D eigenvalue weighted by Gasteiger charge is 2.24. The Labute approximate surface area is 124 Å². The maximum atomic E-state index is 12.1. The van der Waals surface area contributed by atoms with Crippen LogP contribution in [0, 0.1) is 0 Å². The van der Waals surface area contributed by atoms with Gasteiger partial charge in [0.2, 0.25) is 5.91 Å². The van der Waals surface area contributed by atoms with E-state index in [0.717, 1.165) is 19.4 Å². The molecule has 2 atom stereocenters. The first-order valence-electron chi connectivity index (χ1n) is 6.92. The smallest absolute Gasteiger partial charge is 0.222 e. The lowest BCUT2D eigenvalue weighted by Crippen LogP contribution is -2.35. The summed E-state index contributed by atoms with van der Waals surface area (Å²) in [4.78, 5) is 13.5. The Morgan fingerprint density at radius 3 is 3.11 bits per heavy atom. The SMILES string of the molecule is Cl.O=C(CC1CCCN1)NC1CCCc2sccc21. The zero-order valence-electron chi connectivity index (χ0n) is 11.0. The molecule has 1 aliphatic heterocycles. The summed E-state index contributed by atoms with van der Waals surface area (Å²) in [6.45, 7) is 1.07. The average molecular weight is 301 g/mol. The number of rotatable bonds is 3. The summed E-state index contributed by atoms with van der Waals surface area (Å²) in [6, 6.07) is 2.84. The molecule has 3 nitrogen and oxygen atoms in total. The number of hydrogen-bond donors (Lipinski definition) is 2. The monoisotopic (exact) mass is 300 g/mol. The molecule has 1 saturated heterocycles. The molecule has 1 aromatic heterocycles. The van der Waals surface area contributed by atoms with Gasteiger partial charge in [-0.25, -0.2) is 0 Å². The van der Waals surface area contributed by atoms with E-state index in [2.05, 4.69) is 22.1 Å². The maximum absolute atomic E-state index is 12.1. The van der Waals surface area contributed by atoms with Crippen molar-refractivity contribution in [2.24, 2.45) is 0 Å². The Morgan fingerprint density at radius 1 is 1.42 bits per heavy atom. The third-order valence-corrected chi connectivity index (χ3v) is 4.98. The van der Waals surface area contributed by atoms with Crippen LogP contribution in [0.4, 0.5) is 0 Å². The lowest BCUT2D eigenvalue weighted by Gasteiger charge is -2.24. The Hall–Kier alpha value is -0.580. The topological polar surface area (TPSA) is 41.1 Å². The maximum Gasteiger partial charge on any atom is 0.222 e. The summed E-state index contributed by atoms with van der Waals surface area (Å²) >= 11 is 1.83. The molecule has 3 rings (SSSR count). The van der Waals surface area contributed by atoms with Crippen molar-refractivity contribution < 1.29 is 4.79 Å². The van der Waals surface area contributed by atoms with Crippen molar-refractivity contribution in [3.8, 4) is 0 Å². The summed E-state index contributed by atoms with van der Waals surface area (Å²) in [7, 11) is 0. The Morgan fingerprint density at radius 2 is 2.32 bits per heavy atom. The minimum Gasteiger partial charge on any atom is -0.349 e. The molecule has 2 aliphatic rings. The zero-order valence-corrected chi connectivity index (χ0v) is 12.6. The molecule has 0 bridgehead atoms. The Balaban J connectivity index is 0.00000133. The van der Waals surface area contributed by atoms with Crippen molar-refractivity contribution in [1.29, 1.82) is 0 Å². The van der Waals surface area contributed by atoms with E-state index in [9.17, 15) is 4.79 Å². The van der Waals surface area contributed by atoms with Crippen LogP contribution in [0.3, 0.4) is 0 Å². The first-order valence-corrected chi connectivity index (χ1v) is 7.80. The largest absolute Gasteiger partial charge is 0.349 e. The van der Waals surface area contributed by atoms with Gasteiger partial charge in [0, 0.05) is 17.3 Å². The predicted molar refractivity (Wildman–Crippen MR) is 81.0 cm³/mol. The number of carbonyl (C=O) groups excluding carboxylic acids is 1. The van der Waals surface area contributed by atoms with Crippen LogP contribution in [-0.2, 0) is 11.2 Å². The molecule has 2 unspecified atom stereocenters. The number of thiophene rings is 1. The summed E-state index contributed by atoms with van der Waals surface area (Å²) in [5.41, 5.74) is 1.36. The molecule has 2 N–H and O–H groups in total. The second-order valence-corrected chi connectivity index (χ2v) is 6.31. The second-order valence-electron chi connectivity index (χ2n) is 5.31. The van der Waals surface area contributed by atoms with E-state index in [-0.39, 0.29) is 24.4 Å². The number of fused-ring (bicyclic) bond motifs is 1. The molecular weight excluding hydrogens is 280 g/mol. The fourth-order valence-electron chi connectivity index (χ4n) is 3.04. The quantitative estimate of drug-likeness (QED) is 0.901. The molecule has 0 spiro atoms. The number of amides is 1. The van der Waals surface area contributed by atoms with Gasteiger partial charge in [-0.2, -0.15) is 0 Å². The molecule has 1 fully saturated rings. The number of hydrogen-bond acceptors (Lipinski definition) is 3. The molecule has 2 heterocycles. The van der Waals surface area contributed by atoms with E-state index in [1.54, 1.807) is 0 Å². The predicted octanol–water partition coefficient (Wildman–Crippen LogP) is 2.81. The second kappa shape index (κ2) is 6.73. The number of aryl methyl sites for hydroxylation is 1. The van der Waals surface area contributed by atoms with E-state index in [0.29, 0.717) is 12.5 Å². The Kier molecular flexibility index (Phi) is 5.25. The van der Waals surface area contributed by atoms with Crippen LogP contribution in [0.2, 0.25) is 0 Å². The Bertz CT molecular complexity index is 429. The van der Waals surface area contributed by atoms with Crippen molar-refractivity contribution in [1.82, 2.24) is 10.6 Å². The van der Waals surface area contributed by atoms with Crippen LogP contribution in [-0.4, -0.2) is 18.5 Å². The third kappa shape index (κ3) is 3.50. The average Bonchev–Trinajstić information content (AvgIpc) is 2.99. The van der Waals surface area contributed by atoms with Gasteiger partial charge in [-0.05, 0) is 55.7 Å². The highest BCUT2D eigenvalue weighted by molar-refractivity contribution is 7.10. The van der Waals surface area contributed by atoms with E-state index < -0.39 is 0 Å². The summed E-state index contributed by atoms with van der Waals surface area (Å²) < 4.78 is 0. The van der Waals surface area contributed by atoms with E-state index in [4.69, 9.17) is 0 Å². The van der Waals surface area contributed by atoms with Crippen molar-refractivity contribution >= 4 is 29.7 Å². The van der Waals surface area contributed by atoms with Gasteiger partial charge >= 0.3 is 0 Å². The van der Waals surface area contributed by atoms with Crippen LogP contribution in [0.1, 0.15) is 48.6 Å².